The predicted molar refractivity (Wildman–Crippen MR) is 108 cm³/mol. The van der Waals surface area contributed by atoms with E-state index in [2.05, 4.69) is 31.5 Å². The van der Waals surface area contributed by atoms with Crippen molar-refractivity contribution in [1.29, 1.82) is 0 Å². The van der Waals surface area contributed by atoms with Gasteiger partial charge in [0.2, 0.25) is 0 Å². The van der Waals surface area contributed by atoms with Crippen LogP contribution in [0, 0.1) is 13.8 Å². The molecule has 4 rings (SSSR count). The van der Waals surface area contributed by atoms with E-state index in [-0.39, 0.29) is 11.6 Å². The van der Waals surface area contributed by atoms with E-state index in [0.29, 0.717) is 50.8 Å². The zero-order valence-electron chi connectivity index (χ0n) is 17.0. The molecule has 0 radical (unpaired) electrons. The summed E-state index contributed by atoms with van der Waals surface area (Å²) < 4.78 is 12.4. The van der Waals surface area contributed by atoms with Crippen molar-refractivity contribution < 1.29 is 9.47 Å². The Morgan fingerprint density at radius 2 is 2.07 bits per heavy atom. The Kier molecular flexibility index (Phi) is 5.70. The van der Waals surface area contributed by atoms with Gasteiger partial charge in [0.1, 0.15) is 6.04 Å². The van der Waals surface area contributed by atoms with Crippen molar-refractivity contribution in [2.75, 3.05) is 40.0 Å². The number of H-pyrrole nitrogens is 1. The number of nitrogens with one attached hydrogen (secondary N) is 1. The van der Waals surface area contributed by atoms with E-state index in [9.17, 15) is 4.79 Å². The highest BCUT2D eigenvalue weighted by Gasteiger charge is 2.31. The largest absolute Gasteiger partial charge is 0.383 e. The standard InChI is InChI=1S/C20H26N6O3/c1-13-4-5-15-12-16(20(27)21-17(15)14(13)2)18(25-6-10-29-11-7-25)19-22-23-24-26(19)8-9-28-3/h4-5,12,18H,6-11H2,1-3H3,(H,21,27). The minimum atomic E-state index is -0.361. The Balaban J connectivity index is 1.85. The highest BCUT2D eigenvalue weighted by Crippen LogP contribution is 2.28. The first-order chi connectivity index (χ1) is 14.1. The lowest BCUT2D eigenvalue weighted by Crippen LogP contribution is -2.42. The summed E-state index contributed by atoms with van der Waals surface area (Å²) in [6.07, 6.45) is 0. The number of methoxy groups -OCH3 is 1. The second kappa shape index (κ2) is 8.40. The van der Waals surface area contributed by atoms with Gasteiger partial charge in [0.05, 0.1) is 31.9 Å². The summed E-state index contributed by atoms with van der Waals surface area (Å²) in [6.45, 7) is 7.70. The lowest BCUT2D eigenvalue weighted by Gasteiger charge is -2.33. The van der Waals surface area contributed by atoms with Gasteiger partial charge in [-0.2, -0.15) is 0 Å². The molecule has 0 aliphatic carbocycles. The number of hydrogen-bond acceptors (Lipinski definition) is 7. The molecule has 29 heavy (non-hydrogen) atoms. The van der Waals surface area contributed by atoms with E-state index in [0.717, 1.165) is 22.0 Å². The summed E-state index contributed by atoms with van der Waals surface area (Å²) in [5.74, 6) is 0.637. The number of aromatic amines is 1. The number of ether oxygens (including phenoxy) is 2. The van der Waals surface area contributed by atoms with Crippen LogP contribution in [-0.4, -0.2) is 70.1 Å². The third kappa shape index (κ3) is 3.81. The molecule has 1 aliphatic heterocycles. The molecule has 1 fully saturated rings. The van der Waals surface area contributed by atoms with Crippen LogP contribution in [0.15, 0.2) is 23.0 Å². The van der Waals surface area contributed by atoms with Crippen molar-refractivity contribution in [1.82, 2.24) is 30.1 Å². The first kappa shape index (κ1) is 19.7. The zero-order chi connectivity index (χ0) is 20.4. The second-order valence-electron chi connectivity index (χ2n) is 7.33. The highest BCUT2D eigenvalue weighted by molar-refractivity contribution is 5.83. The molecule has 1 aromatic carbocycles. The number of hydrogen-bond donors (Lipinski definition) is 1. The molecule has 1 N–H and O–H groups in total. The number of fused-ring (bicyclic) bond motifs is 1. The van der Waals surface area contributed by atoms with Gasteiger partial charge >= 0.3 is 0 Å². The van der Waals surface area contributed by atoms with Gasteiger partial charge < -0.3 is 14.5 Å². The van der Waals surface area contributed by atoms with Crippen molar-refractivity contribution >= 4 is 10.9 Å². The van der Waals surface area contributed by atoms with Gasteiger partial charge in [0.25, 0.3) is 5.56 Å². The van der Waals surface area contributed by atoms with Crippen LogP contribution in [0.2, 0.25) is 0 Å². The first-order valence-electron chi connectivity index (χ1n) is 9.80. The maximum absolute atomic E-state index is 13.2. The van der Waals surface area contributed by atoms with Crippen molar-refractivity contribution in [2.24, 2.45) is 0 Å². The van der Waals surface area contributed by atoms with Crippen LogP contribution < -0.4 is 5.56 Å². The molecule has 9 nitrogen and oxygen atoms in total. The fourth-order valence-corrected chi connectivity index (χ4v) is 3.82. The minimum absolute atomic E-state index is 0.121. The summed E-state index contributed by atoms with van der Waals surface area (Å²) in [4.78, 5) is 18.5. The van der Waals surface area contributed by atoms with Crippen molar-refractivity contribution in [3.63, 3.8) is 0 Å². The Morgan fingerprint density at radius 3 is 2.83 bits per heavy atom. The summed E-state index contributed by atoms with van der Waals surface area (Å²) >= 11 is 0. The molecule has 0 spiro atoms. The van der Waals surface area contributed by atoms with E-state index in [4.69, 9.17) is 9.47 Å². The molecule has 0 saturated carbocycles. The van der Waals surface area contributed by atoms with Gasteiger partial charge in [-0.05, 0) is 46.9 Å². The monoisotopic (exact) mass is 398 g/mol. The van der Waals surface area contributed by atoms with Crippen LogP contribution in [0.4, 0.5) is 0 Å². The van der Waals surface area contributed by atoms with E-state index in [1.54, 1.807) is 11.8 Å². The van der Waals surface area contributed by atoms with Crippen LogP contribution in [0.25, 0.3) is 10.9 Å². The maximum atomic E-state index is 13.2. The molecule has 1 saturated heterocycles. The number of aryl methyl sites for hydroxylation is 2. The number of aromatic nitrogens is 5. The van der Waals surface area contributed by atoms with Gasteiger partial charge in [0.15, 0.2) is 5.82 Å². The molecular weight excluding hydrogens is 372 g/mol. The van der Waals surface area contributed by atoms with Crippen LogP contribution in [0.5, 0.6) is 0 Å². The molecule has 3 heterocycles. The SMILES string of the molecule is COCCn1nnnc1C(c1cc2ccc(C)c(C)c2[nH]c1=O)N1CCOCC1. The Bertz CT molecular complexity index is 1050. The fourth-order valence-electron chi connectivity index (χ4n) is 3.82. The predicted octanol–water partition coefficient (Wildman–Crippen LogP) is 1.20. The number of pyridine rings is 1. The smallest absolute Gasteiger partial charge is 0.253 e. The van der Waals surface area contributed by atoms with Gasteiger partial charge in [0, 0.05) is 25.8 Å². The molecule has 2 aromatic heterocycles. The first-order valence-corrected chi connectivity index (χ1v) is 9.80. The van der Waals surface area contributed by atoms with Gasteiger partial charge in [-0.1, -0.05) is 12.1 Å². The van der Waals surface area contributed by atoms with E-state index in [1.807, 2.05) is 26.0 Å². The molecule has 0 amide bonds. The average Bonchev–Trinajstić information content (AvgIpc) is 3.19. The van der Waals surface area contributed by atoms with Gasteiger partial charge in [-0.15, -0.1) is 5.10 Å². The van der Waals surface area contributed by atoms with E-state index in [1.165, 1.54) is 0 Å². The molecule has 9 heteroatoms. The fraction of sp³-hybridized carbons (Fsp3) is 0.500. The summed E-state index contributed by atoms with van der Waals surface area (Å²) in [6, 6.07) is 5.73. The van der Waals surface area contributed by atoms with Gasteiger partial charge in [-0.3, -0.25) is 9.69 Å². The summed E-state index contributed by atoms with van der Waals surface area (Å²) in [5.41, 5.74) is 3.62. The number of rotatable bonds is 6. The zero-order valence-corrected chi connectivity index (χ0v) is 17.0. The van der Waals surface area contributed by atoms with Crippen LogP contribution in [-0.2, 0) is 16.0 Å². The Hall–Kier alpha value is -2.62. The molecular formula is C20H26N6O3. The van der Waals surface area contributed by atoms with Crippen molar-refractivity contribution in [3.8, 4) is 0 Å². The molecule has 154 valence electrons. The number of benzene rings is 1. The topological polar surface area (TPSA) is 98.2 Å². The van der Waals surface area contributed by atoms with Crippen molar-refractivity contribution in [2.45, 2.75) is 26.4 Å². The third-order valence-electron chi connectivity index (χ3n) is 5.60. The normalized spacial score (nSPS) is 16.4. The van der Waals surface area contributed by atoms with Crippen LogP contribution in [0.1, 0.15) is 28.6 Å². The average molecular weight is 398 g/mol. The second-order valence-corrected chi connectivity index (χ2v) is 7.33. The van der Waals surface area contributed by atoms with Crippen LogP contribution >= 0.6 is 0 Å². The number of tetrazole rings is 1. The Morgan fingerprint density at radius 1 is 1.28 bits per heavy atom. The molecule has 0 bridgehead atoms. The number of morpholine rings is 1. The van der Waals surface area contributed by atoms with Crippen LogP contribution in [0.3, 0.4) is 0 Å². The molecule has 1 unspecified atom stereocenters. The minimum Gasteiger partial charge on any atom is -0.383 e. The van der Waals surface area contributed by atoms with E-state index >= 15 is 0 Å². The molecule has 3 aromatic rings. The Labute approximate surface area is 168 Å². The number of nitrogens with zero attached hydrogens (tertiary/aromatic N) is 5. The lowest BCUT2D eigenvalue weighted by atomic mass is 10.00. The van der Waals surface area contributed by atoms with Gasteiger partial charge in [-0.25, -0.2) is 4.68 Å². The third-order valence-corrected chi connectivity index (χ3v) is 5.60. The summed E-state index contributed by atoms with van der Waals surface area (Å²) in [5, 5.41) is 13.3. The maximum Gasteiger partial charge on any atom is 0.253 e. The highest BCUT2D eigenvalue weighted by atomic mass is 16.5. The molecule has 1 aliphatic rings. The van der Waals surface area contributed by atoms with E-state index < -0.39 is 0 Å². The molecule has 1 atom stereocenters. The quantitative estimate of drug-likeness (QED) is 0.666. The lowest BCUT2D eigenvalue weighted by molar-refractivity contribution is 0.0211. The summed E-state index contributed by atoms with van der Waals surface area (Å²) in [7, 11) is 1.64. The van der Waals surface area contributed by atoms with Crippen molar-refractivity contribution in [3.05, 3.63) is 51.1 Å².